The van der Waals surface area contributed by atoms with Gasteiger partial charge in [-0.3, -0.25) is 10.1 Å². The third-order valence-electron chi connectivity index (χ3n) is 1.44. The molecule has 1 aromatic rings. The highest BCUT2D eigenvalue weighted by molar-refractivity contribution is 5.62. The summed E-state index contributed by atoms with van der Waals surface area (Å²) in [6.45, 7) is 0. The van der Waals surface area contributed by atoms with Gasteiger partial charge in [0.2, 0.25) is 0 Å². The zero-order valence-electron chi connectivity index (χ0n) is 7.36. The molecule has 0 aliphatic carbocycles. The van der Waals surface area contributed by atoms with Crippen molar-refractivity contribution in [2.24, 2.45) is 5.10 Å². The molecular weight excluding hydrogens is 204 g/mol. The predicted octanol–water partition coefficient (Wildman–Crippen LogP) is 1.23. The number of para-hydroxylation sites is 2. The molecule has 0 atom stereocenters. The number of anilines is 1. The first-order chi connectivity index (χ1) is 7.11. The van der Waals surface area contributed by atoms with Gasteiger partial charge < -0.3 is 10.1 Å². The highest BCUT2D eigenvalue weighted by Gasteiger charge is 2.12. The van der Waals surface area contributed by atoms with E-state index in [1.807, 2.05) is 0 Å². The van der Waals surface area contributed by atoms with Crippen molar-refractivity contribution in [3.8, 4) is 0 Å². The molecule has 0 bridgehead atoms. The molecule has 8 nitrogen and oxygen atoms in total. The molecule has 0 saturated carbocycles. The summed E-state index contributed by atoms with van der Waals surface area (Å²) in [7, 11) is 0. The van der Waals surface area contributed by atoms with Gasteiger partial charge in [-0.2, -0.15) is 5.43 Å². The standard InChI is InChI=1S/C7H6N4O4/c12-10(13)5-8-9-6-3-1-2-4-7(6)11(14)15/h1-5,9H/b8-5-. The molecule has 0 aliphatic rings. The summed E-state index contributed by atoms with van der Waals surface area (Å²) in [6, 6.07) is 5.71. The summed E-state index contributed by atoms with van der Waals surface area (Å²) in [5.41, 5.74) is 2.11. The Morgan fingerprint density at radius 2 is 1.93 bits per heavy atom. The van der Waals surface area contributed by atoms with Crippen molar-refractivity contribution in [1.29, 1.82) is 0 Å². The lowest BCUT2D eigenvalue weighted by Gasteiger charge is -1.96. The number of nitrogens with zero attached hydrogens (tertiary/aromatic N) is 3. The Hall–Kier alpha value is -2.51. The van der Waals surface area contributed by atoms with Crippen LogP contribution in [0.5, 0.6) is 0 Å². The van der Waals surface area contributed by atoms with Gasteiger partial charge in [0.1, 0.15) is 0 Å². The van der Waals surface area contributed by atoms with E-state index in [2.05, 4.69) is 10.5 Å². The average Bonchev–Trinajstić information content (AvgIpc) is 2.17. The Kier molecular flexibility index (Phi) is 3.28. The van der Waals surface area contributed by atoms with Gasteiger partial charge in [0, 0.05) is 11.2 Å². The number of nitro benzene ring substituents is 1. The van der Waals surface area contributed by atoms with E-state index in [9.17, 15) is 20.2 Å². The van der Waals surface area contributed by atoms with E-state index in [1.165, 1.54) is 18.2 Å². The van der Waals surface area contributed by atoms with Crippen LogP contribution in [0.3, 0.4) is 0 Å². The third kappa shape index (κ3) is 3.03. The zero-order valence-corrected chi connectivity index (χ0v) is 7.36. The fourth-order valence-electron chi connectivity index (χ4n) is 0.873. The third-order valence-corrected chi connectivity index (χ3v) is 1.44. The summed E-state index contributed by atoms with van der Waals surface area (Å²) in [4.78, 5) is 19.0. The van der Waals surface area contributed by atoms with Gasteiger partial charge in [-0.05, 0) is 11.0 Å². The SMILES string of the molecule is O=[N+]([O-])/C=N\Nc1ccccc1[N+](=O)[O-]. The molecule has 0 spiro atoms. The molecule has 15 heavy (non-hydrogen) atoms. The fraction of sp³-hybridized carbons (Fsp3) is 0. The van der Waals surface area contributed by atoms with Crippen molar-refractivity contribution in [2.45, 2.75) is 0 Å². The van der Waals surface area contributed by atoms with Gasteiger partial charge >= 0.3 is 6.34 Å². The van der Waals surface area contributed by atoms with Crippen molar-refractivity contribution in [3.05, 3.63) is 44.5 Å². The number of rotatable bonds is 4. The number of nitro groups is 2. The molecule has 0 amide bonds. The minimum absolute atomic E-state index is 0.0978. The Morgan fingerprint density at radius 1 is 1.27 bits per heavy atom. The average molecular weight is 210 g/mol. The second-order valence-electron chi connectivity index (χ2n) is 2.42. The molecule has 0 saturated heterocycles. The second-order valence-corrected chi connectivity index (χ2v) is 2.42. The Balaban J connectivity index is 2.85. The van der Waals surface area contributed by atoms with E-state index in [1.54, 1.807) is 6.07 Å². The van der Waals surface area contributed by atoms with Gasteiger partial charge in [-0.1, -0.05) is 12.1 Å². The molecule has 0 unspecified atom stereocenters. The van der Waals surface area contributed by atoms with Gasteiger partial charge in [0.15, 0.2) is 5.69 Å². The lowest BCUT2D eigenvalue weighted by molar-refractivity contribution is -0.384. The second kappa shape index (κ2) is 4.65. The van der Waals surface area contributed by atoms with E-state index in [-0.39, 0.29) is 11.4 Å². The van der Waals surface area contributed by atoms with E-state index in [0.717, 1.165) is 0 Å². The summed E-state index contributed by atoms with van der Waals surface area (Å²) in [5.74, 6) is 0. The number of benzene rings is 1. The first kappa shape index (κ1) is 10.6. The van der Waals surface area contributed by atoms with E-state index in [0.29, 0.717) is 6.34 Å². The highest BCUT2D eigenvalue weighted by atomic mass is 16.6. The molecule has 1 aromatic carbocycles. The molecule has 0 heterocycles. The molecule has 1 N–H and O–H groups in total. The van der Waals surface area contributed by atoms with Crippen LogP contribution in [0.15, 0.2) is 29.4 Å². The van der Waals surface area contributed by atoms with E-state index in [4.69, 9.17) is 0 Å². The van der Waals surface area contributed by atoms with Crippen LogP contribution >= 0.6 is 0 Å². The van der Waals surface area contributed by atoms with Crippen LogP contribution in [0.2, 0.25) is 0 Å². The maximum Gasteiger partial charge on any atom is 0.352 e. The topological polar surface area (TPSA) is 111 Å². The molecule has 0 aliphatic heterocycles. The van der Waals surface area contributed by atoms with Crippen LogP contribution in [-0.2, 0) is 0 Å². The predicted molar refractivity (Wildman–Crippen MR) is 52.2 cm³/mol. The smallest absolute Gasteiger partial charge is 0.352 e. The zero-order chi connectivity index (χ0) is 11.3. The molecule has 0 fully saturated rings. The minimum atomic E-state index is -0.776. The van der Waals surface area contributed by atoms with Crippen molar-refractivity contribution in [2.75, 3.05) is 5.43 Å². The number of hydrazone groups is 1. The van der Waals surface area contributed by atoms with Crippen molar-refractivity contribution >= 4 is 17.7 Å². The van der Waals surface area contributed by atoms with Crippen LogP contribution in [0.25, 0.3) is 0 Å². The Morgan fingerprint density at radius 3 is 2.53 bits per heavy atom. The van der Waals surface area contributed by atoms with Crippen molar-refractivity contribution in [3.63, 3.8) is 0 Å². The summed E-state index contributed by atoms with van der Waals surface area (Å²) in [6.07, 6.45) is 0.413. The van der Waals surface area contributed by atoms with Crippen molar-refractivity contribution < 1.29 is 9.85 Å². The van der Waals surface area contributed by atoms with Gasteiger partial charge in [-0.15, -0.1) is 0 Å². The first-order valence-corrected chi connectivity index (χ1v) is 3.77. The minimum Gasteiger partial charge on any atom is -0.358 e. The fourth-order valence-corrected chi connectivity index (χ4v) is 0.873. The first-order valence-electron chi connectivity index (χ1n) is 3.77. The molecule has 0 aromatic heterocycles. The number of hydrogen-bond donors (Lipinski definition) is 1. The van der Waals surface area contributed by atoms with E-state index >= 15 is 0 Å². The van der Waals surface area contributed by atoms with Crippen LogP contribution in [0.4, 0.5) is 11.4 Å². The largest absolute Gasteiger partial charge is 0.358 e. The molecule has 1 rings (SSSR count). The van der Waals surface area contributed by atoms with Crippen LogP contribution < -0.4 is 5.43 Å². The van der Waals surface area contributed by atoms with Gasteiger partial charge in [-0.25, -0.2) is 0 Å². The lowest BCUT2D eigenvalue weighted by atomic mass is 10.3. The summed E-state index contributed by atoms with van der Waals surface area (Å²) >= 11 is 0. The van der Waals surface area contributed by atoms with Crippen LogP contribution in [0, 0.1) is 20.2 Å². The highest BCUT2D eigenvalue weighted by Crippen LogP contribution is 2.22. The Labute approximate surface area is 83.5 Å². The van der Waals surface area contributed by atoms with E-state index < -0.39 is 9.85 Å². The summed E-state index contributed by atoms with van der Waals surface area (Å²) in [5, 5.41) is 23.6. The Bertz CT molecular complexity index is 417. The van der Waals surface area contributed by atoms with Gasteiger partial charge in [0.25, 0.3) is 5.69 Å². The molecule has 78 valence electrons. The quantitative estimate of drug-likeness (QED) is 0.347. The molecular formula is C7H6N4O4. The van der Waals surface area contributed by atoms with Crippen LogP contribution in [-0.4, -0.2) is 16.2 Å². The monoisotopic (exact) mass is 210 g/mol. The normalized spacial score (nSPS) is 10.1. The maximum atomic E-state index is 10.5. The van der Waals surface area contributed by atoms with Crippen LogP contribution in [0.1, 0.15) is 0 Å². The molecule has 8 heteroatoms. The van der Waals surface area contributed by atoms with Crippen molar-refractivity contribution in [1.82, 2.24) is 0 Å². The lowest BCUT2D eigenvalue weighted by Crippen LogP contribution is -1.99. The number of hydrogen-bond acceptors (Lipinski definition) is 6. The maximum absolute atomic E-state index is 10.5. The number of nitrogens with one attached hydrogen (secondary N) is 1. The summed E-state index contributed by atoms with van der Waals surface area (Å²) < 4.78 is 0. The molecule has 0 radical (unpaired) electrons. The van der Waals surface area contributed by atoms with Gasteiger partial charge in [0.05, 0.1) is 4.92 Å².